The minimum atomic E-state index is -0.531. The Bertz CT molecular complexity index is 937. The van der Waals surface area contributed by atoms with E-state index >= 15 is 0 Å². The van der Waals surface area contributed by atoms with Crippen LogP contribution in [-0.2, 0) is 4.79 Å². The van der Waals surface area contributed by atoms with E-state index in [4.69, 9.17) is 25.8 Å². The molecule has 0 saturated heterocycles. The average molecular weight is 457 g/mol. The van der Waals surface area contributed by atoms with Crippen molar-refractivity contribution in [2.75, 3.05) is 13.4 Å². The maximum absolute atomic E-state index is 11.8. The van der Waals surface area contributed by atoms with E-state index in [-0.39, 0.29) is 19.1 Å². The smallest absolute Gasteiger partial charge is 0.277 e. The molecule has 9 nitrogen and oxygen atoms in total. The molecule has 0 bridgehead atoms. The van der Waals surface area contributed by atoms with Crippen LogP contribution < -0.4 is 19.6 Å². The molecule has 27 heavy (non-hydrogen) atoms. The summed E-state index contributed by atoms with van der Waals surface area (Å²) in [4.78, 5) is 22.0. The van der Waals surface area contributed by atoms with Crippen LogP contribution in [0.5, 0.6) is 17.2 Å². The van der Waals surface area contributed by atoms with Crippen molar-refractivity contribution in [3.63, 3.8) is 0 Å². The van der Waals surface area contributed by atoms with Gasteiger partial charge in [0.2, 0.25) is 6.79 Å². The third kappa shape index (κ3) is 4.66. The zero-order valence-electron chi connectivity index (χ0n) is 13.5. The quantitative estimate of drug-likeness (QED) is 0.406. The zero-order valence-corrected chi connectivity index (χ0v) is 15.8. The highest BCUT2D eigenvalue weighted by Gasteiger charge is 2.16. The maximum atomic E-state index is 11.8. The first-order chi connectivity index (χ1) is 12.9. The first-order valence-electron chi connectivity index (χ1n) is 7.42. The first-order valence-corrected chi connectivity index (χ1v) is 8.59. The fourth-order valence-electron chi connectivity index (χ4n) is 2.10. The van der Waals surface area contributed by atoms with E-state index in [1.165, 1.54) is 24.4 Å². The van der Waals surface area contributed by atoms with E-state index in [0.29, 0.717) is 32.3 Å². The Morgan fingerprint density at radius 2 is 2.11 bits per heavy atom. The zero-order chi connectivity index (χ0) is 19.4. The molecule has 0 spiro atoms. The summed E-state index contributed by atoms with van der Waals surface area (Å²) in [5, 5.41) is 14.9. The number of hydrazone groups is 1. The third-order valence-corrected chi connectivity index (χ3v) is 4.32. The van der Waals surface area contributed by atoms with Crippen molar-refractivity contribution in [2.24, 2.45) is 5.10 Å². The molecule has 140 valence electrons. The molecule has 0 fully saturated rings. The number of nitro groups is 1. The highest BCUT2D eigenvalue weighted by Crippen LogP contribution is 2.36. The number of rotatable bonds is 6. The molecule has 2 aromatic rings. The van der Waals surface area contributed by atoms with Crippen LogP contribution in [-0.4, -0.2) is 30.4 Å². The van der Waals surface area contributed by atoms with Gasteiger partial charge >= 0.3 is 0 Å². The predicted octanol–water partition coefficient (Wildman–Crippen LogP) is 3.27. The molecule has 0 atom stereocenters. The number of ether oxygens (including phenoxy) is 3. The Labute approximate surface area is 166 Å². The lowest BCUT2D eigenvalue weighted by Crippen LogP contribution is -2.24. The first kappa shape index (κ1) is 18.9. The van der Waals surface area contributed by atoms with Gasteiger partial charge in [-0.3, -0.25) is 14.9 Å². The summed E-state index contributed by atoms with van der Waals surface area (Å²) >= 11 is 9.25. The third-order valence-electron chi connectivity index (χ3n) is 3.37. The molecule has 1 heterocycles. The van der Waals surface area contributed by atoms with Crippen molar-refractivity contribution in [3.8, 4) is 17.2 Å². The SMILES string of the molecule is O=C(COc1ccc([N+](=O)[O-])cc1Br)NN=Cc1cc2c(cc1Cl)OCO2. The molecular weight excluding hydrogens is 446 g/mol. The van der Waals surface area contributed by atoms with Crippen LogP contribution in [0.2, 0.25) is 5.02 Å². The number of halogens is 2. The lowest BCUT2D eigenvalue weighted by Gasteiger charge is -2.07. The van der Waals surface area contributed by atoms with Crippen molar-refractivity contribution >= 4 is 45.3 Å². The number of non-ortho nitro benzene ring substituents is 1. The Kier molecular flexibility index (Phi) is 5.77. The van der Waals surface area contributed by atoms with Crippen LogP contribution in [0.4, 0.5) is 5.69 Å². The van der Waals surface area contributed by atoms with E-state index in [2.05, 4.69) is 26.5 Å². The summed E-state index contributed by atoms with van der Waals surface area (Å²) in [6, 6.07) is 7.20. The van der Waals surface area contributed by atoms with Crippen molar-refractivity contribution in [1.29, 1.82) is 0 Å². The normalized spacial score (nSPS) is 12.2. The predicted molar refractivity (Wildman–Crippen MR) is 99.6 cm³/mol. The number of carbonyl (C=O) groups excluding carboxylic acids is 1. The van der Waals surface area contributed by atoms with Crippen LogP contribution in [0, 0.1) is 10.1 Å². The Balaban J connectivity index is 1.54. The molecule has 0 unspecified atom stereocenters. The number of nitrogens with one attached hydrogen (secondary N) is 1. The standard InChI is InChI=1S/C16H11BrClN3O6/c17-11-4-10(21(23)24)1-2-13(11)25-7-16(22)20-19-6-9-3-14-15(5-12(9)18)27-8-26-14/h1-6H,7-8H2,(H,20,22). The van der Waals surface area contributed by atoms with Crippen LogP contribution in [0.15, 0.2) is 39.9 Å². The second kappa shape index (κ2) is 8.23. The van der Waals surface area contributed by atoms with E-state index in [9.17, 15) is 14.9 Å². The van der Waals surface area contributed by atoms with Gasteiger partial charge in [0, 0.05) is 23.8 Å². The molecule has 1 aliphatic heterocycles. The molecule has 0 radical (unpaired) electrons. The number of amides is 1. The number of nitro benzene ring substituents is 1. The van der Waals surface area contributed by atoms with E-state index in [1.807, 2.05) is 0 Å². The summed E-state index contributed by atoms with van der Waals surface area (Å²) in [6.07, 6.45) is 1.37. The van der Waals surface area contributed by atoms with Gasteiger partial charge in [0.25, 0.3) is 11.6 Å². The van der Waals surface area contributed by atoms with Gasteiger partial charge in [0.05, 0.1) is 20.6 Å². The minimum absolute atomic E-state index is 0.0936. The molecule has 11 heteroatoms. The summed E-state index contributed by atoms with van der Waals surface area (Å²) < 4.78 is 16.1. The number of nitrogens with zero attached hydrogens (tertiary/aromatic N) is 2. The summed E-state index contributed by atoms with van der Waals surface area (Å²) in [6.45, 7) is -0.207. The molecule has 1 aliphatic rings. The fraction of sp³-hybridized carbons (Fsp3) is 0.125. The van der Waals surface area contributed by atoms with Gasteiger partial charge in [0.1, 0.15) is 5.75 Å². The van der Waals surface area contributed by atoms with Crippen LogP contribution in [0.25, 0.3) is 0 Å². The summed E-state index contributed by atoms with van der Waals surface area (Å²) in [5.74, 6) is 0.855. The van der Waals surface area contributed by atoms with Crippen LogP contribution >= 0.6 is 27.5 Å². The number of hydrogen-bond acceptors (Lipinski definition) is 7. The van der Waals surface area contributed by atoms with Gasteiger partial charge < -0.3 is 14.2 Å². The van der Waals surface area contributed by atoms with Crippen LogP contribution in [0.3, 0.4) is 0 Å². The lowest BCUT2D eigenvalue weighted by atomic mass is 10.2. The molecule has 1 amide bonds. The molecule has 0 saturated carbocycles. The molecule has 2 aromatic carbocycles. The van der Waals surface area contributed by atoms with E-state index < -0.39 is 10.8 Å². The Morgan fingerprint density at radius 3 is 2.81 bits per heavy atom. The lowest BCUT2D eigenvalue weighted by molar-refractivity contribution is -0.384. The van der Waals surface area contributed by atoms with E-state index in [0.717, 1.165) is 0 Å². The van der Waals surface area contributed by atoms with E-state index in [1.54, 1.807) is 12.1 Å². The van der Waals surface area contributed by atoms with Crippen LogP contribution in [0.1, 0.15) is 5.56 Å². The monoisotopic (exact) mass is 455 g/mol. The largest absolute Gasteiger partial charge is 0.483 e. The fourth-order valence-corrected chi connectivity index (χ4v) is 2.79. The Hall–Kier alpha value is -2.85. The molecule has 0 aromatic heterocycles. The number of fused-ring (bicyclic) bond motifs is 1. The molecule has 0 aliphatic carbocycles. The van der Waals surface area contributed by atoms with Crippen molar-refractivity contribution in [2.45, 2.75) is 0 Å². The van der Waals surface area contributed by atoms with Gasteiger partial charge in [-0.1, -0.05) is 11.6 Å². The second-order valence-electron chi connectivity index (χ2n) is 5.18. The van der Waals surface area contributed by atoms with Gasteiger partial charge in [-0.05, 0) is 28.1 Å². The van der Waals surface area contributed by atoms with Crippen molar-refractivity contribution in [1.82, 2.24) is 5.43 Å². The topological polar surface area (TPSA) is 112 Å². The summed E-state index contributed by atoms with van der Waals surface area (Å²) in [7, 11) is 0. The van der Waals surface area contributed by atoms with Gasteiger partial charge in [-0.25, -0.2) is 5.43 Å². The van der Waals surface area contributed by atoms with Crippen molar-refractivity contribution in [3.05, 3.63) is 55.5 Å². The van der Waals surface area contributed by atoms with Gasteiger partial charge in [-0.2, -0.15) is 5.10 Å². The number of hydrogen-bond donors (Lipinski definition) is 1. The Morgan fingerprint density at radius 1 is 1.37 bits per heavy atom. The highest BCUT2D eigenvalue weighted by molar-refractivity contribution is 9.10. The molecule has 1 N–H and O–H groups in total. The number of benzene rings is 2. The minimum Gasteiger partial charge on any atom is -0.483 e. The maximum Gasteiger partial charge on any atom is 0.277 e. The highest BCUT2D eigenvalue weighted by atomic mass is 79.9. The second-order valence-corrected chi connectivity index (χ2v) is 6.44. The van der Waals surface area contributed by atoms with Gasteiger partial charge in [0.15, 0.2) is 18.1 Å². The van der Waals surface area contributed by atoms with Crippen molar-refractivity contribution < 1.29 is 23.9 Å². The van der Waals surface area contributed by atoms with Gasteiger partial charge in [-0.15, -0.1) is 0 Å². The molecular formula is C16H11BrClN3O6. The number of carbonyl (C=O) groups is 1. The summed E-state index contributed by atoms with van der Waals surface area (Å²) in [5.41, 5.74) is 2.74. The average Bonchev–Trinajstić information content (AvgIpc) is 3.07. The molecule has 3 rings (SSSR count).